The third kappa shape index (κ3) is 5.22. The number of halogens is 3. The fourth-order valence-electron chi connectivity index (χ4n) is 3.30. The van der Waals surface area contributed by atoms with Gasteiger partial charge < -0.3 is 9.84 Å². The van der Waals surface area contributed by atoms with E-state index < -0.39 is 46.4 Å². The Balaban J connectivity index is 2.22. The standard InChI is InChI=1S/C22H24F3N3O5S/c1-12(2)19-15(9-10-17-22(24,25)16(29)11-18(30)33-17)20(13-5-7-14(23)8-6-13)27-21(26-19)28(3)34(4,31)32/h5-10,12,16-17,29H,11H2,1-4H3/b10-9+. The second-order valence-electron chi connectivity index (χ2n) is 8.23. The normalized spacial score (nSPS) is 20.6. The van der Waals surface area contributed by atoms with Gasteiger partial charge in [0.05, 0.1) is 24.1 Å². The Labute approximate surface area is 195 Å². The zero-order valence-electron chi connectivity index (χ0n) is 18.9. The molecule has 2 unspecified atom stereocenters. The number of carbonyl (C=O) groups is 1. The molecule has 184 valence electrons. The van der Waals surface area contributed by atoms with Crippen LogP contribution in [0.25, 0.3) is 17.3 Å². The first kappa shape index (κ1) is 25.6. The summed E-state index contributed by atoms with van der Waals surface area (Å²) in [7, 11) is -2.46. The minimum absolute atomic E-state index is 0.159. The second kappa shape index (κ2) is 9.34. The van der Waals surface area contributed by atoms with E-state index in [0.29, 0.717) is 11.3 Å². The number of alkyl halides is 2. The molecular weight excluding hydrogens is 475 g/mol. The summed E-state index contributed by atoms with van der Waals surface area (Å²) < 4.78 is 72.2. The molecule has 34 heavy (non-hydrogen) atoms. The van der Waals surface area contributed by atoms with E-state index in [1.54, 1.807) is 13.8 Å². The van der Waals surface area contributed by atoms with Crippen molar-refractivity contribution in [1.29, 1.82) is 0 Å². The van der Waals surface area contributed by atoms with Gasteiger partial charge in [-0.2, -0.15) is 8.78 Å². The molecule has 1 aromatic carbocycles. The van der Waals surface area contributed by atoms with Crippen LogP contribution in [0.4, 0.5) is 19.1 Å². The smallest absolute Gasteiger partial charge is 0.313 e. The molecule has 2 aromatic rings. The van der Waals surface area contributed by atoms with E-state index in [1.807, 2.05) is 0 Å². The van der Waals surface area contributed by atoms with Crippen molar-refractivity contribution in [1.82, 2.24) is 9.97 Å². The first-order valence-electron chi connectivity index (χ1n) is 10.3. The molecule has 0 saturated carbocycles. The highest BCUT2D eigenvalue weighted by molar-refractivity contribution is 7.92. The molecule has 12 heteroatoms. The van der Waals surface area contributed by atoms with Crippen LogP contribution in [-0.2, 0) is 19.6 Å². The van der Waals surface area contributed by atoms with Gasteiger partial charge in [0.25, 0.3) is 0 Å². The number of anilines is 1. The largest absolute Gasteiger partial charge is 0.451 e. The number of nitrogens with zero attached hydrogens (tertiary/aromatic N) is 3. The maximum atomic E-state index is 14.4. The first-order valence-corrected chi connectivity index (χ1v) is 12.1. The monoisotopic (exact) mass is 499 g/mol. The van der Waals surface area contributed by atoms with E-state index in [-0.39, 0.29) is 23.1 Å². The number of esters is 1. The number of aliphatic hydroxyl groups excluding tert-OH is 1. The van der Waals surface area contributed by atoms with E-state index in [0.717, 1.165) is 16.6 Å². The van der Waals surface area contributed by atoms with Gasteiger partial charge in [0.15, 0.2) is 6.10 Å². The maximum absolute atomic E-state index is 14.4. The van der Waals surface area contributed by atoms with Crippen molar-refractivity contribution in [3.8, 4) is 11.3 Å². The molecule has 1 aliphatic heterocycles. The molecule has 0 spiro atoms. The Hall–Kier alpha value is -2.99. The number of sulfonamides is 1. The van der Waals surface area contributed by atoms with E-state index in [4.69, 9.17) is 4.74 Å². The Bertz CT molecular complexity index is 1220. The molecule has 1 aliphatic rings. The summed E-state index contributed by atoms with van der Waals surface area (Å²) in [5.74, 6) is -5.69. The fourth-order valence-corrected chi connectivity index (χ4v) is 3.68. The molecule has 3 rings (SSSR count). The summed E-state index contributed by atoms with van der Waals surface area (Å²) in [5.41, 5.74) is 1.11. The zero-order valence-corrected chi connectivity index (χ0v) is 19.7. The van der Waals surface area contributed by atoms with E-state index in [9.17, 15) is 31.5 Å². The number of aliphatic hydroxyl groups is 1. The average molecular weight is 500 g/mol. The molecule has 1 N–H and O–H groups in total. The lowest BCUT2D eigenvalue weighted by Crippen LogP contribution is -2.51. The predicted octanol–water partition coefficient (Wildman–Crippen LogP) is 3.13. The van der Waals surface area contributed by atoms with Gasteiger partial charge in [-0.3, -0.25) is 4.79 Å². The summed E-state index contributed by atoms with van der Waals surface area (Å²) >= 11 is 0. The molecule has 1 fully saturated rings. The average Bonchev–Trinajstić information content (AvgIpc) is 2.74. The van der Waals surface area contributed by atoms with Crippen molar-refractivity contribution in [3.05, 3.63) is 47.4 Å². The lowest BCUT2D eigenvalue weighted by Gasteiger charge is -2.32. The number of carbonyl (C=O) groups excluding carboxylic acids is 1. The highest BCUT2D eigenvalue weighted by atomic mass is 32.2. The molecule has 0 radical (unpaired) electrons. The van der Waals surface area contributed by atoms with Crippen LogP contribution in [0.5, 0.6) is 0 Å². The van der Waals surface area contributed by atoms with Crippen LogP contribution >= 0.6 is 0 Å². The number of hydrogen-bond donors (Lipinski definition) is 1. The van der Waals surface area contributed by atoms with Crippen molar-refractivity contribution in [2.75, 3.05) is 17.6 Å². The molecule has 2 atom stereocenters. The topological polar surface area (TPSA) is 110 Å². The Morgan fingerprint density at radius 3 is 2.41 bits per heavy atom. The van der Waals surface area contributed by atoms with Gasteiger partial charge in [0.2, 0.25) is 16.0 Å². The maximum Gasteiger partial charge on any atom is 0.313 e. The van der Waals surface area contributed by atoms with Crippen molar-refractivity contribution >= 4 is 28.0 Å². The van der Waals surface area contributed by atoms with Crippen LogP contribution in [0.1, 0.15) is 37.4 Å². The Morgan fingerprint density at radius 1 is 1.24 bits per heavy atom. The Morgan fingerprint density at radius 2 is 1.85 bits per heavy atom. The quantitative estimate of drug-likeness (QED) is 0.608. The van der Waals surface area contributed by atoms with Crippen molar-refractivity contribution in [2.24, 2.45) is 0 Å². The predicted molar refractivity (Wildman–Crippen MR) is 119 cm³/mol. The summed E-state index contributed by atoms with van der Waals surface area (Å²) in [6, 6.07) is 5.16. The number of ether oxygens (including phenoxy) is 1. The van der Waals surface area contributed by atoms with Gasteiger partial charge in [-0.25, -0.2) is 27.1 Å². The lowest BCUT2D eigenvalue weighted by atomic mass is 9.95. The lowest BCUT2D eigenvalue weighted by molar-refractivity contribution is -0.215. The molecule has 0 bridgehead atoms. The molecular formula is C22H24F3N3O5S. The Kier molecular flexibility index (Phi) is 7.04. The zero-order chi connectivity index (χ0) is 25.4. The van der Waals surface area contributed by atoms with Gasteiger partial charge in [-0.05, 0) is 36.3 Å². The van der Waals surface area contributed by atoms with E-state index in [2.05, 4.69) is 9.97 Å². The number of aromatic nitrogens is 2. The van der Waals surface area contributed by atoms with Crippen molar-refractivity contribution in [2.45, 2.75) is 44.3 Å². The molecule has 2 heterocycles. The van der Waals surface area contributed by atoms with Gasteiger partial charge >= 0.3 is 11.9 Å². The molecule has 0 aliphatic carbocycles. The van der Waals surface area contributed by atoms with Crippen molar-refractivity contribution in [3.63, 3.8) is 0 Å². The number of benzene rings is 1. The van der Waals surface area contributed by atoms with Crippen LogP contribution in [0, 0.1) is 5.82 Å². The van der Waals surface area contributed by atoms with Crippen LogP contribution in [-0.4, -0.2) is 60.9 Å². The number of cyclic esters (lactones) is 1. The van der Waals surface area contributed by atoms with Crippen LogP contribution in [0.3, 0.4) is 0 Å². The van der Waals surface area contributed by atoms with Crippen LogP contribution < -0.4 is 4.31 Å². The summed E-state index contributed by atoms with van der Waals surface area (Å²) in [4.78, 5) is 20.3. The summed E-state index contributed by atoms with van der Waals surface area (Å²) in [5, 5.41) is 9.64. The third-order valence-electron chi connectivity index (χ3n) is 5.29. The van der Waals surface area contributed by atoms with E-state index in [1.165, 1.54) is 37.4 Å². The minimum Gasteiger partial charge on any atom is -0.451 e. The highest BCUT2D eigenvalue weighted by Crippen LogP contribution is 2.35. The second-order valence-corrected chi connectivity index (χ2v) is 10.2. The van der Waals surface area contributed by atoms with Gasteiger partial charge in [0, 0.05) is 18.2 Å². The summed E-state index contributed by atoms with van der Waals surface area (Å²) in [6.45, 7) is 3.52. The SMILES string of the molecule is CC(C)c1nc(N(C)S(C)(=O)=O)nc(-c2ccc(F)cc2)c1/C=C/C1OC(=O)CC(O)C1(F)F. The van der Waals surface area contributed by atoms with E-state index >= 15 is 0 Å². The fraction of sp³-hybridized carbons (Fsp3) is 0.409. The summed E-state index contributed by atoms with van der Waals surface area (Å²) in [6.07, 6.45) is -1.93. The van der Waals surface area contributed by atoms with Crippen LogP contribution in [0.15, 0.2) is 30.3 Å². The van der Waals surface area contributed by atoms with Gasteiger partial charge in [0.1, 0.15) is 11.9 Å². The van der Waals surface area contributed by atoms with Gasteiger partial charge in [-0.1, -0.05) is 19.9 Å². The number of hydrogen-bond acceptors (Lipinski definition) is 7. The van der Waals surface area contributed by atoms with Gasteiger partial charge in [-0.15, -0.1) is 0 Å². The van der Waals surface area contributed by atoms with Crippen LogP contribution in [0.2, 0.25) is 0 Å². The molecule has 1 saturated heterocycles. The highest BCUT2D eigenvalue weighted by Gasteiger charge is 2.52. The molecule has 8 nitrogen and oxygen atoms in total. The minimum atomic E-state index is -3.73. The molecule has 0 amide bonds. The van der Waals surface area contributed by atoms with Crippen molar-refractivity contribution < 1.29 is 36.2 Å². The molecule has 1 aromatic heterocycles. The first-order chi connectivity index (χ1) is 15.7. The third-order valence-corrected chi connectivity index (χ3v) is 6.44. The number of rotatable bonds is 6.